The van der Waals surface area contributed by atoms with Crippen LogP contribution in [0.25, 0.3) is 0 Å². The van der Waals surface area contributed by atoms with Crippen LogP contribution in [0.2, 0.25) is 0 Å². The summed E-state index contributed by atoms with van der Waals surface area (Å²) in [6.07, 6.45) is 16.8. The molecule has 1 aromatic rings. The first-order valence-corrected chi connectivity index (χ1v) is 41.5. The van der Waals surface area contributed by atoms with Crippen molar-refractivity contribution >= 4 is 64.2 Å². The van der Waals surface area contributed by atoms with Crippen molar-refractivity contribution < 1.29 is 99.5 Å². The topological polar surface area (TPSA) is 351 Å². The molecule has 1 saturated carbocycles. The molecule has 11 atom stereocenters. The number of aromatic nitrogens is 1. The standard InChI is InChI=1S/2C19H30N2O3.C19H28N2O3.C16H22N2O2.C14H20N2O.C2H3ClO.CH3O.3CH4.Na.H2/c1-17(2,3)23-16(22)21-9-7-14-18(4,5)15-13(12-20-24-15)11-19(14,6)8-10-21;2*1-17(2,3)24-16(23)21-9-7-14-18(4,5)15(22)13(12-20)11-19(14,6)8-10-21;1-11(19)18-7-5-13-15(2,3)14(20)12(10-17)9-16(13,4)6-8-18;1-13(2)11-4-6-16-7-5-14(11,3)8-10(9-15)12(13)17;1-2(3)4;1-2;;;;;/h12,14H,7-11H2,1-6H3;13-14H,7-11H2,1-6H3;11,14H,7-10H2,1-6H3;9,13H,5-8H2,1-4H3;8,11,16H,4-7H2,1-3H3;1H3;1H3;3*1H4;;1H/q;;;;;;-1;;;;+1;/t14-,19-;13?,14-,19-;14-,19-;13-,16-;11-,14-;;;;;;;/m11111......./s1/i;;;;;;;;;;;1+1D. The molecule has 4 amide bonds. The number of nitriles is 4. The van der Waals surface area contributed by atoms with Crippen molar-refractivity contribution in [3.8, 4) is 24.3 Å². The zero-order chi connectivity index (χ0) is 89.8. The first-order valence-electron chi connectivity index (χ1n) is 42.1. The van der Waals surface area contributed by atoms with Crippen LogP contribution in [0.5, 0.6) is 0 Å². The zero-order valence-electron chi connectivity index (χ0n) is 77.4. The number of nitrogens with one attached hydrogen (secondary N) is 1. The van der Waals surface area contributed by atoms with Gasteiger partial charge in [0.05, 0.1) is 29.0 Å². The summed E-state index contributed by atoms with van der Waals surface area (Å²) in [6.45, 7) is 58.0. The smallest absolute Gasteiger partial charge is 0.857 e. The van der Waals surface area contributed by atoms with Gasteiger partial charge in [0, 0.05) is 102 Å². The summed E-state index contributed by atoms with van der Waals surface area (Å²) < 4.78 is 32.2. The summed E-state index contributed by atoms with van der Waals surface area (Å²) in [5.74, 6) is 1.73. The van der Waals surface area contributed by atoms with Crippen molar-refractivity contribution in [1.29, 1.82) is 21.0 Å². The Morgan fingerprint density at radius 2 is 0.815 bits per heavy atom. The number of rotatable bonds is 0. The van der Waals surface area contributed by atoms with Crippen LogP contribution in [-0.2, 0) is 54.8 Å². The molecule has 119 heavy (non-hydrogen) atoms. The van der Waals surface area contributed by atoms with E-state index in [1.54, 1.807) is 16.7 Å². The van der Waals surface area contributed by atoms with E-state index in [2.05, 4.69) is 94.8 Å². The number of hydrogen-bond donors (Lipinski definition) is 1. The van der Waals surface area contributed by atoms with Gasteiger partial charge in [0.15, 0.2) is 23.1 Å². The fourth-order valence-electron chi connectivity index (χ4n) is 21.0. The second kappa shape index (κ2) is 42.1. The largest absolute Gasteiger partial charge is 1.00 e. The summed E-state index contributed by atoms with van der Waals surface area (Å²) in [5, 5.41) is 52.3. The first kappa shape index (κ1) is 108. The summed E-state index contributed by atoms with van der Waals surface area (Å²) in [6, 6.07) is 8.39. The molecular weight excluding hydrogens is 1540 g/mol. The number of nitrogens with zero attached hydrogens (tertiary/aromatic N) is 9. The van der Waals surface area contributed by atoms with E-state index in [1.165, 1.54) is 12.5 Å². The van der Waals surface area contributed by atoms with Crippen LogP contribution in [0.4, 0.5) is 14.4 Å². The van der Waals surface area contributed by atoms with Gasteiger partial charge in [-0.15, -0.1) is 0 Å². The third-order valence-electron chi connectivity index (χ3n) is 26.6. The molecule has 5 saturated heterocycles. The predicted molar refractivity (Wildman–Crippen MR) is 461 cm³/mol. The molecule has 5 aliphatic heterocycles. The average molecular weight is 1690 g/mol. The number of fused-ring (bicyclic) bond motifs is 6. The maximum atomic E-state index is 12.7. The van der Waals surface area contributed by atoms with Gasteiger partial charge in [0.1, 0.15) is 46.7 Å². The SMILES string of the molecule is C.C.C.CC(=O)Cl.CC(=O)N1CC[C@@H]2C(C)(C)C(=O)C(C#N)=C[C@@]2(C)CC1.CC(C)(C)OC(=O)N1CC[C@@H]2C(C)(C)C(=O)C(C#N)=C[C@@]2(C)CC1.CC(C)(C)OC(=O)N1CC[C@@H]2C(C)(C)C(=O)C(C#N)C[C@@]2(C)CC1.CC(C)(C)OC(=O)N1CC[C@@H]2C(C)(C)c3oncc3C[C@@]2(C)CC1.CC1(C)C(=O)C(C#N)=C[C@@]2(C)CCNCC[C@H]12.C[O-].[2H][2H].[Na+]. The molecule has 11 rings (SSSR count). The van der Waals surface area contributed by atoms with E-state index in [-0.39, 0.29) is 166 Å². The van der Waals surface area contributed by atoms with Gasteiger partial charge >= 0.3 is 47.8 Å². The number of hydrogen-bond acceptors (Lipinski definition) is 20. The van der Waals surface area contributed by atoms with Gasteiger partial charge in [-0.05, 0) is 221 Å². The minimum absolute atomic E-state index is 0. The van der Waals surface area contributed by atoms with Gasteiger partial charge in [-0.25, -0.2) is 14.4 Å². The molecule has 1 N–H and O–H groups in total. The Morgan fingerprint density at radius 1 is 0.496 bits per heavy atom. The molecule has 0 spiro atoms. The first-order chi connectivity index (χ1) is 53.7. The van der Waals surface area contributed by atoms with Gasteiger partial charge < -0.3 is 48.8 Å². The third-order valence-corrected chi connectivity index (χ3v) is 26.6. The Kier molecular flexibility index (Phi) is 38.3. The number of carbonyl (C=O) groups is 9. The van der Waals surface area contributed by atoms with E-state index in [0.717, 1.165) is 110 Å². The molecule has 0 bridgehead atoms. The minimum atomic E-state index is -0.599. The van der Waals surface area contributed by atoms with E-state index < -0.39 is 44.4 Å². The Labute approximate surface area is 745 Å². The second-order valence-corrected chi connectivity index (χ2v) is 41.2. The zero-order valence-corrected chi connectivity index (χ0v) is 78.2. The van der Waals surface area contributed by atoms with Gasteiger partial charge in [-0.3, -0.25) is 28.8 Å². The molecule has 5 aliphatic carbocycles. The molecule has 0 aromatic carbocycles. The monoisotopic (exact) mass is 1690 g/mol. The molecule has 24 nitrogen and oxygen atoms in total. The van der Waals surface area contributed by atoms with E-state index in [9.17, 15) is 58.9 Å². The molecule has 0 radical (unpaired) electrons. The number of likely N-dealkylation sites (tertiary alicyclic amines) is 4. The van der Waals surface area contributed by atoms with Crippen molar-refractivity contribution in [2.45, 2.75) is 302 Å². The van der Waals surface area contributed by atoms with Gasteiger partial charge in [-0.1, -0.05) is 150 Å². The maximum Gasteiger partial charge on any atom is 1.00 e. The van der Waals surface area contributed by atoms with Crippen molar-refractivity contribution in [3.05, 3.63) is 52.5 Å². The normalized spacial score (nSPS) is 29.7. The molecule has 6 fully saturated rings. The van der Waals surface area contributed by atoms with Crippen LogP contribution in [0, 0.1) is 130 Å². The van der Waals surface area contributed by atoms with Crippen LogP contribution in [0.15, 0.2) is 45.7 Å². The summed E-state index contributed by atoms with van der Waals surface area (Å²) in [7, 11) is 0.750. The van der Waals surface area contributed by atoms with Crippen LogP contribution >= 0.6 is 11.6 Å². The molecule has 10 aliphatic rings. The van der Waals surface area contributed by atoms with Crippen molar-refractivity contribution in [2.24, 2.45) is 84.2 Å². The molecule has 26 heteroatoms. The molecule has 1 unspecified atom stereocenters. The second-order valence-electron chi connectivity index (χ2n) is 40.6. The number of carbonyl (C=O) groups excluding carboxylic acids is 9. The number of ether oxygens (including phenoxy) is 3. The molecule has 6 heterocycles. The van der Waals surface area contributed by atoms with Gasteiger partial charge in [0.2, 0.25) is 11.1 Å². The molecular formula is C93H150ClN10NaO14. The number of Topliss-reactive ketones (excluding diaryl/α,β-unsaturated/α-hetero) is 4. The quantitative estimate of drug-likeness (QED) is 0.143. The average Bonchev–Trinajstić information content (AvgIpc) is 1.71. The van der Waals surface area contributed by atoms with E-state index >= 15 is 0 Å². The van der Waals surface area contributed by atoms with Gasteiger partial charge in [-0.2, -0.15) is 28.2 Å². The Hall–Kier alpha value is -6.77. The summed E-state index contributed by atoms with van der Waals surface area (Å²) in [5.41, 5.74) is -1.95. The third kappa shape index (κ3) is 25.9. The maximum absolute atomic E-state index is 12.7. The number of ketones is 4. The minimum Gasteiger partial charge on any atom is -0.857 e. The summed E-state index contributed by atoms with van der Waals surface area (Å²) in [4.78, 5) is 115. The van der Waals surface area contributed by atoms with E-state index in [0.29, 0.717) is 63.1 Å². The molecule has 664 valence electrons. The number of allylic oxidation sites excluding steroid dienone is 6. The van der Waals surface area contributed by atoms with Crippen molar-refractivity contribution in [2.75, 3.05) is 72.6 Å². The Balaban J connectivity index is 0.00000145. The predicted octanol–water partition coefficient (Wildman–Crippen LogP) is 14.9. The van der Waals surface area contributed by atoms with Crippen molar-refractivity contribution in [1.82, 2.24) is 30.1 Å². The summed E-state index contributed by atoms with van der Waals surface area (Å²) >= 11 is 4.64. The Bertz CT molecular complexity index is 4060. The van der Waals surface area contributed by atoms with Crippen LogP contribution < -0.4 is 40.0 Å². The fourth-order valence-corrected chi connectivity index (χ4v) is 21.0. The number of amides is 4. The fraction of sp³-hybridized carbons (Fsp3) is 0.763. The van der Waals surface area contributed by atoms with Crippen LogP contribution in [0.3, 0.4) is 0 Å². The van der Waals surface area contributed by atoms with Crippen molar-refractivity contribution in [3.63, 3.8) is 0 Å². The van der Waals surface area contributed by atoms with Gasteiger partial charge in [0.25, 0.3) is 0 Å². The molecule has 1 aromatic heterocycles. The van der Waals surface area contributed by atoms with Crippen LogP contribution in [0.1, 0.15) is 287 Å². The number of halogens is 1. The Morgan fingerprint density at radius 3 is 1.17 bits per heavy atom. The van der Waals surface area contributed by atoms with Crippen LogP contribution in [-0.4, -0.2) is 167 Å². The van der Waals surface area contributed by atoms with E-state index in [1.807, 2.05) is 152 Å². The van der Waals surface area contributed by atoms with E-state index in [4.69, 9.17) is 32.1 Å².